The summed E-state index contributed by atoms with van der Waals surface area (Å²) in [5.41, 5.74) is 9.14. The van der Waals surface area contributed by atoms with E-state index in [2.05, 4.69) is 84.1 Å². The van der Waals surface area contributed by atoms with E-state index in [9.17, 15) is 19.5 Å². The summed E-state index contributed by atoms with van der Waals surface area (Å²) in [5.74, 6) is -1.51. The van der Waals surface area contributed by atoms with Gasteiger partial charge in [0, 0.05) is 85.6 Å². The van der Waals surface area contributed by atoms with E-state index in [0.29, 0.717) is 37.0 Å². The summed E-state index contributed by atoms with van der Waals surface area (Å²) >= 11 is 1.46. The van der Waals surface area contributed by atoms with Crippen molar-refractivity contribution in [2.24, 2.45) is 17.3 Å². The summed E-state index contributed by atoms with van der Waals surface area (Å²) < 4.78 is 14.8. The number of hydrogen-bond donors (Lipinski definition) is 3. The largest absolute Gasteiger partial charge is 0.480 e. The molecule has 6 bridgehead atoms. The summed E-state index contributed by atoms with van der Waals surface area (Å²) in [4.78, 5) is 55.8. The third-order valence-corrected chi connectivity index (χ3v) is 14.4. The van der Waals surface area contributed by atoms with Crippen LogP contribution in [0.1, 0.15) is 83.2 Å². The van der Waals surface area contributed by atoms with Gasteiger partial charge in [0.1, 0.15) is 6.04 Å². The first-order chi connectivity index (χ1) is 29.1. The Labute approximate surface area is 363 Å². The fraction of sp³-hybridized carbons (Fsp3) is 0.587. The van der Waals surface area contributed by atoms with Crippen molar-refractivity contribution < 1.29 is 29.0 Å². The fourth-order valence-corrected chi connectivity index (χ4v) is 10.3. The molecular formula is C46H62N8O6S. The number of nitrogens with zero attached hydrogens (tertiary/aromatic N) is 6. The molecule has 8 rings (SSSR count). The number of nitrogens with one attached hydrogen (secondary N) is 2. The minimum Gasteiger partial charge on any atom is -0.480 e. The molecule has 1 aliphatic carbocycles. The maximum absolute atomic E-state index is 14.3. The quantitative estimate of drug-likeness (QED) is 0.193. The minimum absolute atomic E-state index is 0.138. The highest BCUT2D eigenvalue weighted by Gasteiger charge is 2.46. The lowest BCUT2D eigenvalue weighted by Crippen LogP contribution is -2.68. The smallest absolute Gasteiger partial charge is 0.328 e. The molecule has 2 amide bonds. The van der Waals surface area contributed by atoms with Crippen LogP contribution in [0.25, 0.3) is 33.4 Å². The zero-order valence-corrected chi connectivity index (χ0v) is 37.7. The molecule has 0 radical (unpaired) electrons. The molecular weight excluding hydrogens is 793 g/mol. The van der Waals surface area contributed by atoms with Gasteiger partial charge < -0.3 is 34.3 Å². The first-order valence-corrected chi connectivity index (χ1v) is 22.8. The van der Waals surface area contributed by atoms with Gasteiger partial charge in [-0.2, -0.15) is 0 Å². The van der Waals surface area contributed by atoms with Crippen LogP contribution in [0.4, 0.5) is 5.69 Å². The van der Waals surface area contributed by atoms with Crippen LogP contribution in [-0.4, -0.2) is 119 Å². The van der Waals surface area contributed by atoms with Gasteiger partial charge in [0.15, 0.2) is 5.54 Å². The molecule has 6 heterocycles. The van der Waals surface area contributed by atoms with Crippen molar-refractivity contribution >= 4 is 45.7 Å². The number of carbonyl (C=O) groups excluding carboxylic acids is 2. The van der Waals surface area contributed by atoms with E-state index in [1.54, 1.807) is 7.11 Å². The van der Waals surface area contributed by atoms with Gasteiger partial charge in [0.05, 0.1) is 53.3 Å². The van der Waals surface area contributed by atoms with E-state index in [4.69, 9.17) is 19.4 Å². The Bertz CT molecular complexity index is 2310. The molecule has 0 unspecified atom stereocenters. The van der Waals surface area contributed by atoms with Gasteiger partial charge in [-0.25, -0.2) is 10.4 Å². The molecule has 14 nitrogen and oxygen atoms in total. The number of benzene rings is 1. The molecule has 3 N–H and O–H groups in total. The lowest BCUT2D eigenvalue weighted by Gasteiger charge is -2.42. The molecule has 3 aromatic heterocycles. The number of carboxylic acid groups (broad SMARTS) is 1. The van der Waals surface area contributed by atoms with E-state index in [1.165, 1.54) is 16.3 Å². The van der Waals surface area contributed by atoms with Crippen molar-refractivity contribution in [1.29, 1.82) is 0 Å². The summed E-state index contributed by atoms with van der Waals surface area (Å²) in [6.45, 7) is 16.7. The lowest BCUT2D eigenvalue weighted by atomic mass is 9.84. The number of pyridine rings is 1. The molecule has 3 aliphatic heterocycles. The molecule has 2 saturated heterocycles. The number of anilines is 1. The molecule has 328 valence electrons. The second kappa shape index (κ2) is 17.0. The third-order valence-electron chi connectivity index (χ3n) is 13.5. The second-order valence-corrected chi connectivity index (χ2v) is 19.7. The number of likely N-dealkylation sites (N-methyl/N-ethyl adjacent to an activating group) is 1. The van der Waals surface area contributed by atoms with Crippen molar-refractivity contribution in [3.05, 3.63) is 52.1 Å². The molecule has 6 atom stereocenters. The van der Waals surface area contributed by atoms with E-state index in [-0.39, 0.29) is 55.8 Å². The van der Waals surface area contributed by atoms with Gasteiger partial charge >= 0.3 is 5.97 Å². The first-order valence-electron chi connectivity index (χ1n) is 21.9. The number of hydrogen-bond acceptors (Lipinski definition) is 11. The van der Waals surface area contributed by atoms with Crippen LogP contribution in [0.15, 0.2) is 35.8 Å². The SMILES string of the molecule is CCn1c(-c2cc(N3CCN(C)[C@@H](C)C3)cnc2[C@H](C)OC)c2c3cc(ccc31)-c1csc(n1)C[C@H](NC(=O)[C@H]1C[C@@H]1C)C(=O)N1CCC[C@@](C(=O)O)(COCC(C)(C)C2)N1. The van der Waals surface area contributed by atoms with E-state index < -0.39 is 23.0 Å². The van der Waals surface area contributed by atoms with Crippen molar-refractivity contribution in [3.8, 4) is 22.5 Å². The minimum atomic E-state index is -1.53. The average molecular weight is 855 g/mol. The summed E-state index contributed by atoms with van der Waals surface area (Å²) in [5, 5.41) is 19.0. The Morgan fingerprint density at radius 2 is 1.95 bits per heavy atom. The van der Waals surface area contributed by atoms with Crippen LogP contribution in [0.5, 0.6) is 0 Å². The van der Waals surface area contributed by atoms with E-state index >= 15 is 0 Å². The van der Waals surface area contributed by atoms with E-state index in [1.807, 2.05) is 25.4 Å². The number of rotatable bonds is 8. The standard InChI is InChI=1S/C46H62N8O6S/c1-9-53-38-12-11-30-18-33(38)35(41(53)34-19-31(22-47-40(34)29(4)59-8)52-16-15-51(7)28(3)23-52)21-45(5,6)25-60-26-46(44(57)58)13-10-14-54(50-46)43(56)36(20-39-48-37(30)24-61-39)49-42(55)32-17-27(32)2/h11-12,18-19,22,24,27-29,32,36,50H,9-10,13-17,20-21,23,25-26H2,1-8H3,(H,49,55)(H,57,58)/t27-,28-,29-,32-,36-,46-/m0/s1. The van der Waals surface area contributed by atoms with Crippen molar-refractivity contribution in [1.82, 2.24) is 35.2 Å². The Morgan fingerprint density at radius 3 is 2.66 bits per heavy atom. The Morgan fingerprint density at radius 1 is 1.16 bits per heavy atom. The average Bonchev–Trinajstić information content (AvgIpc) is 3.66. The Hall–Kier alpha value is -4.41. The summed E-state index contributed by atoms with van der Waals surface area (Å²) in [6.07, 6.45) is 4.04. The van der Waals surface area contributed by atoms with Gasteiger partial charge in [0.25, 0.3) is 5.91 Å². The van der Waals surface area contributed by atoms with Gasteiger partial charge in [-0.15, -0.1) is 11.3 Å². The molecule has 61 heavy (non-hydrogen) atoms. The van der Waals surface area contributed by atoms with Gasteiger partial charge in [0.2, 0.25) is 5.91 Å². The number of piperazine rings is 1. The van der Waals surface area contributed by atoms with Crippen molar-refractivity contribution in [2.45, 2.75) is 104 Å². The second-order valence-electron chi connectivity index (χ2n) is 18.7. The Balaban J connectivity index is 1.27. The third kappa shape index (κ3) is 8.56. The number of hydrazine groups is 1. The molecule has 1 aromatic carbocycles. The fourth-order valence-electron chi connectivity index (χ4n) is 9.44. The highest BCUT2D eigenvalue weighted by molar-refractivity contribution is 7.10. The monoisotopic (exact) mass is 854 g/mol. The first kappa shape index (κ1) is 43.2. The topological polar surface area (TPSA) is 154 Å². The van der Waals surface area contributed by atoms with Crippen LogP contribution < -0.4 is 15.6 Å². The molecule has 4 aliphatic rings. The number of thiazole rings is 1. The number of fused-ring (bicyclic) bond motifs is 6. The van der Waals surface area contributed by atoms with Crippen LogP contribution in [-0.2, 0) is 43.2 Å². The van der Waals surface area contributed by atoms with Crippen LogP contribution in [0.3, 0.4) is 0 Å². The zero-order valence-electron chi connectivity index (χ0n) is 36.9. The zero-order chi connectivity index (χ0) is 43.4. The molecule has 1 saturated carbocycles. The van der Waals surface area contributed by atoms with Crippen molar-refractivity contribution in [2.75, 3.05) is 58.5 Å². The van der Waals surface area contributed by atoms with Crippen LogP contribution in [0.2, 0.25) is 0 Å². The maximum atomic E-state index is 14.3. The van der Waals surface area contributed by atoms with Crippen LogP contribution in [0, 0.1) is 17.3 Å². The number of carboxylic acids is 1. The summed E-state index contributed by atoms with van der Waals surface area (Å²) in [6, 6.07) is 8.31. The predicted molar refractivity (Wildman–Crippen MR) is 237 cm³/mol. The van der Waals surface area contributed by atoms with Gasteiger partial charge in [-0.05, 0) is 88.6 Å². The molecule has 3 fully saturated rings. The molecule has 0 spiro atoms. The number of aliphatic carboxylic acids is 1. The van der Waals surface area contributed by atoms with Gasteiger partial charge in [-0.1, -0.05) is 26.8 Å². The van der Waals surface area contributed by atoms with E-state index in [0.717, 1.165) is 76.4 Å². The van der Waals surface area contributed by atoms with Gasteiger partial charge in [-0.3, -0.25) is 24.4 Å². The molecule has 4 aromatic rings. The predicted octanol–water partition coefficient (Wildman–Crippen LogP) is 5.93. The highest BCUT2D eigenvalue weighted by atomic mass is 32.1. The number of ether oxygens (including phenoxy) is 2. The van der Waals surface area contributed by atoms with Crippen molar-refractivity contribution in [3.63, 3.8) is 0 Å². The van der Waals surface area contributed by atoms with Crippen LogP contribution >= 0.6 is 11.3 Å². The normalized spacial score (nSPS) is 26.5. The highest BCUT2D eigenvalue weighted by Crippen LogP contribution is 2.43. The number of aromatic nitrogens is 3. The number of carbonyl (C=O) groups is 3. The molecule has 15 heteroatoms. The number of amides is 2. The Kier molecular flexibility index (Phi) is 12.1. The maximum Gasteiger partial charge on any atom is 0.328 e. The number of aryl methyl sites for hydroxylation is 1. The summed E-state index contributed by atoms with van der Waals surface area (Å²) in [7, 11) is 3.90. The number of methoxy groups -OCH3 is 1. The lowest BCUT2D eigenvalue weighted by molar-refractivity contribution is -0.161.